The summed E-state index contributed by atoms with van der Waals surface area (Å²) >= 11 is 0. The van der Waals surface area contributed by atoms with Crippen molar-refractivity contribution in [1.29, 1.82) is 0 Å². The third-order valence-electron chi connectivity index (χ3n) is 4.01. The number of benzene rings is 2. The Kier molecular flexibility index (Phi) is 4.61. The van der Waals surface area contributed by atoms with E-state index in [2.05, 4.69) is 81.4 Å². The van der Waals surface area contributed by atoms with Crippen LogP contribution < -0.4 is 5.73 Å². The minimum Gasteiger partial charge on any atom is -0.327 e. The van der Waals surface area contributed by atoms with Gasteiger partial charge in [-0.1, -0.05) is 81.4 Å². The Labute approximate surface area is 122 Å². The van der Waals surface area contributed by atoms with Gasteiger partial charge in [0.25, 0.3) is 0 Å². The van der Waals surface area contributed by atoms with Gasteiger partial charge in [0.2, 0.25) is 0 Å². The van der Waals surface area contributed by atoms with Gasteiger partial charge in [0.1, 0.15) is 0 Å². The molecule has 2 aromatic rings. The molecule has 1 heteroatoms. The molecule has 0 aromatic heterocycles. The Bertz CT molecular complexity index is 471. The zero-order valence-electron chi connectivity index (χ0n) is 12.7. The number of rotatable bonds is 4. The summed E-state index contributed by atoms with van der Waals surface area (Å²) < 4.78 is 0. The molecule has 0 saturated heterocycles. The van der Waals surface area contributed by atoms with Crippen LogP contribution in [-0.2, 0) is 0 Å². The van der Waals surface area contributed by atoms with Gasteiger partial charge in [-0.15, -0.1) is 0 Å². The fourth-order valence-electron chi connectivity index (χ4n) is 2.44. The normalized spacial score (nSPS) is 13.4. The molecule has 0 aliphatic rings. The van der Waals surface area contributed by atoms with Gasteiger partial charge < -0.3 is 5.73 Å². The molecule has 0 radical (unpaired) electrons. The lowest BCUT2D eigenvalue weighted by Crippen LogP contribution is -2.36. The van der Waals surface area contributed by atoms with Crippen LogP contribution in [0.15, 0.2) is 60.7 Å². The first-order valence-electron chi connectivity index (χ1n) is 7.34. The quantitative estimate of drug-likeness (QED) is 0.862. The molecule has 20 heavy (non-hydrogen) atoms. The first kappa shape index (κ1) is 14.8. The van der Waals surface area contributed by atoms with Gasteiger partial charge in [0.15, 0.2) is 0 Å². The van der Waals surface area contributed by atoms with E-state index in [1.54, 1.807) is 0 Å². The summed E-state index contributed by atoms with van der Waals surface area (Å²) in [5, 5.41) is 0. The summed E-state index contributed by atoms with van der Waals surface area (Å²) in [5.41, 5.74) is 9.24. The molecule has 1 unspecified atom stereocenters. The lowest BCUT2D eigenvalue weighted by atomic mass is 9.78. The second kappa shape index (κ2) is 6.23. The highest BCUT2D eigenvalue weighted by molar-refractivity contribution is 5.32. The molecule has 2 aromatic carbocycles. The Morgan fingerprint density at radius 2 is 1.20 bits per heavy atom. The van der Waals surface area contributed by atoms with Crippen molar-refractivity contribution in [1.82, 2.24) is 0 Å². The largest absolute Gasteiger partial charge is 0.327 e. The first-order chi connectivity index (χ1) is 9.48. The van der Waals surface area contributed by atoms with Crippen molar-refractivity contribution in [2.75, 3.05) is 0 Å². The third-order valence-corrected chi connectivity index (χ3v) is 4.01. The van der Waals surface area contributed by atoms with Gasteiger partial charge in [-0.05, 0) is 23.0 Å². The molecule has 0 fully saturated rings. The molecule has 1 nitrogen and oxygen atoms in total. The van der Waals surface area contributed by atoms with Crippen LogP contribution in [-0.4, -0.2) is 6.04 Å². The van der Waals surface area contributed by atoms with Crippen LogP contribution in [0.2, 0.25) is 0 Å². The van der Waals surface area contributed by atoms with Crippen LogP contribution in [0.4, 0.5) is 0 Å². The molecule has 0 bridgehead atoms. The Hall–Kier alpha value is -1.60. The molecule has 106 valence electrons. The van der Waals surface area contributed by atoms with E-state index in [1.165, 1.54) is 11.1 Å². The Balaban J connectivity index is 2.31. The average molecular weight is 267 g/mol. The Morgan fingerprint density at radius 1 is 0.800 bits per heavy atom. The standard InChI is InChI=1S/C19H25N/c1-19(2,3)18(20)14-17(15-10-6-4-7-11-15)16-12-8-5-9-13-16/h4-13,17-18H,14,20H2,1-3H3. The molecule has 0 aliphatic carbocycles. The van der Waals surface area contributed by atoms with E-state index < -0.39 is 0 Å². The van der Waals surface area contributed by atoms with Crippen LogP contribution in [0, 0.1) is 5.41 Å². The number of hydrogen-bond donors (Lipinski definition) is 1. The maximum absolute atomic E-state index is 6.43. The fourth-order valence-corrected chi connectivity index (χ4v) is 2.44. The number of nitrogens with two attached hydrogens (primary N) is 1. The molecular formula is C19H25N. The zero-order chi connectivity index (χ0) is 14.6. The van der Waals surface area contributed by atoms with E-state index in [0.717, 1.165) is 6.42 Å². The maximum Gasteiger partial charge on any atom is 0.0104 e. The minimum absolute atomic E-state index is 0.127. The highest BCUT2D eigenvalue weighted by Crippen LogP contribution is 2.33. The molecule has 0 amide bonds. The van der Waals surface area contributed by atoms with Crippen molar-refractivity contribution in [2.24, 2.45) is 11.1 Å². The van der Waals surface area contributed by atoms with Crippen molar-refractivity contribution in [3.8, 4) is 0 Å². The molecule has 0 aliphatic heterocycles. The van der Waals surface area contributed by atoms with Crippen molar-refractivity contribution >= 4 is 0 Å². The smallest absolute Gasteiger partial charge is 0.0104 e. The summed E-state index contributed by atoms with van der Waals surface area (Å²) in [6.07, 6.45) is 0.970. The van der Waals surface area contributed by atoms with Crippen LogP contribution in [0.1, 0.15) is 44.2 Å². The predicted octanol–water partition coefficient (Wildman–Crippen LogP) is 4.58. The second-order valence-corrected chi connectivity index (χ2v) is 6.58. The monoisotopic (exact) mass is 267 g/mol. The van der Waals surface area contributed by atoms with Crippen molar-refractivity contribution in [3.63, 3.8) is 0 Å². The molecule has 0 spiro atoms. The van der Waals surface area contributed by atoms with E-state index in [9.17, 15) is 0 Å². The SMILES string of the molecule is CC(C)(C)C(N)CC(c1ccccc1)c1ccccc1. The molecular weight excluding hydrogens is 242 g/mol. The summed E-state index contributed by atoms with van der Waals surface area (Å²) in [7, 11) is 0. The van der Waals surface area contributed by atoms with Crippen LogP contribution in [0.3, 0.4) is 0 Å². The lowest BCUT2D eigenvalue weighted by molar-refractivity contribution is 0.298. The van der Waals surface area contributed by atoms with Gasteiger partial charge in [0.05, 0.1) is 0 Å². The van der Waals surface area contributed by atoms with Crippen LogP contribution in [0.5, 0.6) is 0 Å². The maximum atomic E-state index is 6.43. The third kappa shape index (κ3) is 3.71. The zero-order valence-corrected chi connectivity index (χ0v) is 12.7. The van der Waals surface area contributed by atoms with Crippen molar-refractivity contribution < 1.29 is 0 Å². The first-order valence-corrected chi connectivity index (χ1v) is 7.34. The van der Waals surface area contributed by atoms with Gasteiger partial charge in [0, 0.05) is 12.0 Å². The highest BCUT2D eigenvalue weighted by atomic mass is 14.7. The van der Waals surface area contributed by atoms with E-state index in [1.807, 2.05) is 0 Å². The van der Waals surface area contributed by atoms with Crippen molar-refractivity contribution in [3.05, 3.63) is 71.8 Å². The molecule has 0 heterocycles. The summed E-state index contributed by atoms with van der Waals surface area (Å²) in [6.45, 7) is 6.64. The highest BCUT2D eigenvalue weighted by Gasteiger charge is 2.25. The second-order valence-electron chi connectivity index (χ2n) is 6.58. The average Bonchev–Trinajstić information content (AvgIpc) is 2.45. The minimum atomic E-state index is 0.127. The van der Waals surface area contributed by atoms with Crippen LogP contribution >= 0.6 is 0 Å². The molecule has 1 atom stereocenters. The molecule has 2 N–H and O–H groups in total. The van der Waals surface area contributed by atoms with E-state index in [4.69, 9.17) is 5.73 Å². The van der Waals surface area contributed by atoms with Gasteiger partial charge in [-0.3, -0.25) is 0 Å². The van der Waals surface area contributed by atoms with E-state index >= 15 is 0 Å². The van der Waals surface area contributed by atoms with E-state index in [-0.39, 0.29) is 11.5 Å². The summed E-state index contributed by atoms with van der Waals surface area (Å²) in [4.78, 5) is 0. The summed E-state index contributed by atoms with van der Waals surface area (Å²) in [6, 6.07) is 21.5. The Morgan fingerprint density at radius 3 is 1.55 bits per heavy atom. The van der Waals surface area contributed by atoms with Gasteiger partial charge >= 0.3 is 0 Å². The van der Waals surface area contributed by atoms with Gasteiger partial charge in [-0.25, -0.2) is 0 Å². The van der Waals surface area contributed by atoms with Gasteiger partial charge in [-0.2, -0.15) is 0 Å². The predicted molar refractivity (Wildman–Crippen MR) is 86.8 cm³/mol. The molecule has 2 rings (SSSR count). The van der Waals surface area contributed by atoms with Crippen molar-refractivity contribution in [2.45, 2.75) is 39.2 Å². The van der Waals surface area contributed by atoms with Crippen LogP contribution in [0.25, 0.3) is 0 Å². The van der Waals surface area contributed by atoms with E-state index in [0.29, 0.717) is 5.92 Å². The summed E-state index contributed by atoms with van der Waals surface area (Å²) in [5.74, 6) is 0.367. The fraction of sp³-hybridized carbons (Fsp3) is 0.368. The topological polar surface area (TPSA) is 26.0 Å². The number of hydrogen-bond acceptors (Lipinski definition) is 1. The molecule has 0 saturated carbocycles. The lowest BCUT2D eigenvalue weighted by Gasteiger charge is -2.31.